The van der Waals surface area contributed by atoms with E-state index in [0.717, 1.165) is 0 Å². The third kappa shape index (κ3) is 4.17. The van der Waals surface area contributed by atoms with Crippen LogP contribution < -0.4 is 0 Å². The maximum atomic E-state index is 12.1. The molecule has 2 rings (SSSR count). The van der Waals surface area contributed by atoms with Gasteiger partial charge in [0.25, 0.3) is 5.69 Å². The number of hydrogen-bond donors (Lipinski definition) is 0. The number of rotatable bonds is 5. The number of esters is 2. The number of non-ortho nitro benzene ring substituents is 1. The molecule has 0 amide bonds. The molecular weight excluding hydrogens is 328 g/mol. The molecule has 0 radical (unpaired) electrons. The highest BCUT2D eigenvalue weighted by atomic mass is 16.6. The van der Waals surface area contributed by atoms with E-state index in [9.17, 15) is 19.7 Å². The Hall–Kier alpha value is -3.29. The molecule has 1 aromatic carbocycles. The highest BCUT2D eigenvalue weighted by molar-refractivity contribution is 5.99. The lowest BCUT2D eigenvalue weighted by molar-refractivity contribution is -0.384. The van der Waals surface area contributed by atoms with E-state index in [4.69, 9.17) is 9.47 Å². The summed E-state index contributed by atoms with van der Waals surface area (Å²) in [4.78, 5) is 38.6. The molecule has 0 spiro atoms. The second-order valence-electron chi connectivity index (χ2n) is 5.37. The van der Waals surface area contributed by atoms with Crippen LogP contribution in [0, 0.1) is 10.1 Å². The Bertz CT molecular complexity index is 832. The van der Waals surface area contributed by atoms with Gasteiger partial charge in [0.1, 0.15) is 0 Å². The van der Waals surface area contributed by atoms with Crippen molar-refractivity contribution in [2.75, 3.05) is 7.11 Å². The van der Waals surface area contributed by atoms with Gasteiger partial charge in [0, 0.05) is 23.9 Å². The molecule has 0 aliphatic carbocycles. The summed E-state index contributed by atoms with van der Waals surface area (Å²) >= 11 is 0. The monoisotopic (exact) mass is 344 g/mol. The zero-order valence-corrected chi connectivity index (χ0v) is 13.9. The smallest absolute Gasteiger partial charge is 0.340 e. The van der Waals surface area contributed by atoms with Gasteiger partial charge in [-0.3, -0.25) is 15.1 Å². The first kappa shape index (κ1) is 18.1. The van der Waals surface area contributed by atoms with Crippen molar-refractivity contribution in [3.8, 4) is 11.3 Å². The van der Waals surface area contributed by atoms with Crippen LogP contribution in [0.1, 0.15) is 34.6 Å². The number of nitro benzene ring substituents is 1. The molecule has 1 aromatic heterocycles. The lowest BCUT2D eigenvalue weighted by atomic mass is 10.0. The maximum absolute atomic E-state index is 12.1. The first-order valence-corrected chi connectivity index (χ1v) is 7.37. The number of nitrogens with zero attached hydrogens (tertiary/aromatic N) is 2. The Morgan fingerprint density at radius 1 is 1.20 bits per heavy atom. The van der Waals surface area contributed by atoms with Gasteiger partial charge in [0.2, 0.25) is 0 Å². The molecule has 0 unspecified atom stereocenters. The Kier molecular flexibility index (Phi) is 5.43. The Labute approximate surface area is 143 Å². The van der Waals surface area contributed by atoms with Crippen molar-refractivity contribution in [1.82, 2.24) is 4.98 Å². The number of pyridine rings is 1. The van der Waals surface area contributed by atoms with Crippen LogP contribution in [-0.2, 0) is 9.47 Å². The highest BCUT2D eigenvalue weighted by Crippen LogP contribution is 2.26. The fourth-order valence-electron chi connectivity index (χ4n) is 2.12. The van der Waals surface area contributed by atoms with E-state index in [1.54, 1.807) is 19.9 Å². The molecule has 8 nitrogen and oxygen atoms in total. The van der Waals surface area contributed by atoms with Crippen molar-refractivity contribution >= 4 is 17.6 Å². The number of carbonyl (C=O) groups excluding carboxylic acids is 2. The van der Waals surface area contributed by atoms with Gasteiger partial charge in [-0.2, -0.15) is 0 Å². The minimum absolute atomic E-state index is 0.0150. The van der Waals surface area contributed by atoms with Crippen molar-refractivity contribution in [2.45, 2.75) is 20.0 Å². The average Bonchev–Trinajstić information content (AvgIpc) is 2.60. The van der Waals surface area contributed by atoms with Gasteiger partial charge < -0.3 is 9.47 Å². The second-order valence-corrected chi connectivity index (χ2v) is 5.37. The summed E-state index contributed by atoms with van der Waals surface area (Å²) in [6.07, 6.45) is 0.927. The third-order valence-corrected chi connectivity index (χ3v) is 3.20. The lowest BCUT2D eigenvalue weighted by Gasteiger charge is -2.11. The largest absolute Gasteiger partial charge is 0.465 e. The minimum Gasteiger partial charge on any atom is -0.465 e. The SMILES string of the molecule is COC(=O)c1cc(C(=O)OC(C)C)cnc1-c1cccc([N+](=O)[O-])c1. The van der Waals surface area contributed by atoms with Crippen LogP contribution in [0.4, 0.5) is 5.69 Å². The fourth-order valence-corrected chi connectivity index (χ4v) is 2.12. The Balaban J connectivity index is 2.54. The summed E-state index contributed by atoms with van der Waals surface area (Å²) in [7, 11) is 1.19. The van der Waals surface area contributed by atoms with Crippen LogP contribution in [0.25, 0.3) is 11.3 Å². The standard InChI is InChI=1S/C17H16N2O6/c1-10(2)25-16(20)12-8-14(17(21)24-3)15(18-9-12)11-5-4-6-13(7-11)19(22)23/h4-10H,1-3H3. The molecule has 0 aliphatic heterocycles. The normalized spacial score (nSPS) is 10.4. The van der Waals surface area contributed by atoms with Crippen molar-refractivity contribution < 1.29 is 24.0 Å². The minimum atomic E-state index is -0.715. The van der Waals surface area contributed by atoms with Gasteiger partial charge in [0.05, 0.1) is 35.0 Å². The van der Waals surface area contributed by atoms with Crippen molar-refractivity contribution in [3.05, 3.63) is 57.8 Å². The third-order valence-electron chi connectivity index (χ3n) is 3.20. The topological polar surface area (TPSA) is 109 Å². The van der Waals surface area contributed by atoms with E-state index >= 15 is 0 Å². The molecule has 25 heavy (non-hydrogen) atoms. The Morgan fingerprint density at radius 2 is 1.92 bits per heavy atom. The summed E-state index contributed by atoms with van der Waals surface area (Å²) in [5, 5.41) is 10.9. The number of hydrogen-bond acceptors (Lipinski definition) is 7. The van der Waals surface area contributed by atoms with Crippen molar-refractivity contribution in [2.24, 2.45) is 0 Å². The van der Waals surface area contributed by atoms with E-state index in [0.29, 0.717) is 5.56 Å². The molecule has 8 heteroatoms. The van der Waals surface area contributed by atoms with Crippen LogP contribution in [0.5, 0.6) is 0 Å². The van der Waals surface area contributed by atoms with Crippen LogP contribution >= 0.6 is 0 Å². The van der Waals surface area contributed by atoms with Gasteiger partial charge in [0.15, 0.2) is 0 Å². The maximum Gasteiger partial charge on any atom is 0.340 e. The first-order chi connectivity index (χ1) is 11.8. The fraction of sp³-hybridized carbons (Fsp3) is 0.235. The van der Waals surface area contributed by atoms with E-state index in [2.05, 4.69) is 4.98 Å². The van der Waals surface area contributed by atoms with Gasteiger partial charge in [-0.15, -0.1) is 0 Å². The predicted molar refractivity (Wildman–Crippen MR) is 88.2 cm³/mol. The molecule has 0 saturated heterocycles. The van der Waals surface area contributed by atoms with Gasteiger partial charge >= 0.3 is 11.9 Å². The first-order valence-electron chi connectivity index (χ1n) is 7.37. The number of methoxy groups -OCH3 is 1. The lowest BCUT2D eigenvalue weighted by Crippen LogP contribution is -2.14. The second kappa shape index (κ2) is 7.52. The Morgan fingerprint density at radius 3 is 2.52 bits per heavy atom. The van der Waals surface area contributed by atoms with E-state index in [-0.39, 0.29) is 28.6 Å². The molecule has 2 aromatic rings. The molecule has 0 fully saturated rings. The molecule has 0 atom stereocenters. The van der Waals surface area contributed by atoms with Crippen LogP contribution in [0.3, 0.4) is 0 Å². The van der Waals surface area contributed by atoms with Crippen molar-refractivity contribution in [3.63, 3.8) is 0 Å². The highest BCUT2D eigenvalue weighted by Gasteiger charge is 2.20. The number of nitro groups is 1. The van der Waals surface area contributed by atoms with Gasteiger partial charge in [-0.25, -0.2) is 9.59 Å². The van der Waals surface area contributed by atoms with Crippen LogP contribution in [-0.4, -0.2) is 35.1 Å². The van der Waals surface area contributed by atoms with Gasteiger partial charge in [-0.05, 0) is 19.9 Å². The van der Waals surface area contributed by atoms with E-state index in [1.807, 2.05) is 0 Å². The van der Waals surface area contributed by atoms with Crippen LogP contribution in [0.15, 0.2) is 36.5 Å². The van der Waals surface area contributed by atoms with E-state index in [1.165, 1.54) is 37.6 Å². The van der Waals surface area contributed by atoms with Crippen LogP contribution in [0.2, 0.25) is 0 Å². The summed E-state index contributed by atoms with van der Waals surface area (Å²) in [5.41, 5.74) is 0.498. The van der Waals surface area contributed by atoms with Crippen molar-refractivity contribution in [1.29, 1.82) is 0 Å². The average molecular weight is 344 g/mol. The number of aromatic nitrogens is 1. The number of ether oxygens (including phenoxy) is 2. The quantitative estimate of drug-likeness (QED) is 0.466. The predicted octanol–water partition coefficient (Wildman–Crippen LogP) is 3.01. The molecule has 0 N–H and O–H groups in total. The molecule has 1 heterocycles. The summed E-state index contributed by atoms with van der Waals surface area (Å²) < 4.78 is 9.81. The summed E-state index contributed by atoms with van der Waals surface area (Å²) in [6, 6.07) is 6.99. The van der Waals surface area contributed by atoms with E-state index < -0.39 is 16.9 Å². The zero-order chi connectivity index (χ0) is 18.6. The zero-order valence-electron chi connectivity index (χ0n) is 13.9. The number of carbonyl (C=O) groups is 2. The molecule has 0 aliphatic rings. The summed E-state index contributed by atoms with van der Waals surface area (Å²) in [5.74, 6) is -1.34. The molecule has 0 saturated carbocycles. The molecule has 0 bridgehead atoms. The molecule has 130 valence electrons. The van der Waals surface area contributed by atoms with Gasteiger partial charge in [-0.1, -0.05) is 12.1 Å². The number of benzene rings is 1. The molecular formula is C17H16N2O6. The summed E-state index contributed by atoms with van der Waals surface area (Å²) in [6.45, 7) is 3.40.